The highest BCUT2D eigenvalue weighted by molar-refractivity contribution is 5.33. The summed E-state index contributed by atoms with van der Waals surface area (Å²) in [4.78, 5) is 23.4. The van der Waals surface area contributed by atoms with E-state index in [2.05, 4.69) is 10.4 Å². The second-order valence-corrected chi connectivity index (χ2v) is 4.50. The van der Waals surface area contributed by atoms with Crippen LogP contribution >= 0.6 is 0 Å². The summed E-state index contributed by atoms with van der Waals surface area (Å²) >= 11 is 0. The van der Waals surface area contributed by atoms with E-state index in [0.29, 0.717) is 13.1 Å². The van der Waals surface area contributed by atoms with Gasteiger partial charge in [0.05, 0.1) is 0 Å². The lowest BCUT2D eigenvalue weighted by Crippen LogP contribution is -2.39. The lowest BCUT2D eigenvalue weighted by Gasteiger charge is -2.08. The standard InChI is InChI=1S/C13H17N5O2/c1-17-12(19)11(16-18(2)13(17)20)15-8-10-5-3-4-9(6-10)7-14/h3-6H,7-8,14H2,1-2H3,(H,15,16). The second-order valence-electron chi connectivity index (χ2n) is 4.50. The van der Waals surface area contributed by atoms with Crippen LogP contribution in [-0.4, -0.2) is 14.3 Å². The third-order valence-corrected chi connectivity index (χ3v) is 3.01. The van der Waals surface area contributed by atoms with Crippen molar-refractivity contribution < 1.29 is 0 Å². The maximum Gasteiger partial charge on any atom is 0.346 e. The molecule has 3 N–H and O–H groups in total. The van der Waals surface area contributed by atoms with E-state index in [4.69, 9.17) is 5.73 Å². The maximum atomic E-state index is 11.9. The zero-order valence-electron chi connectivity index (χ0n) is 11.5. The van der Waals surface area contributed by atoms with Crippen LogP contribution in [0, 0.1) is 0 Å². The summed E-state index contributed by atoms with van der Waals surface area (Å²) in [6, 6.07) is 7.73. The molecule has 0 fully saturated rings. The van der Waals surface area contributed by atoms with E-state index in [0.717, 1.165) is 20.4 Å². The Kier molecular flexibility index (Phi) is 3.99. The maximum absolute atomic E-state index is 11.9. The van der Waals surface area contributed by atoms with Gasteiger partial charge in [0.15, 0.2) is 0 Å². The lowest BCUT2D eigenvalue weighted by atomic mass is 10.1. The number of anilines is 1. The third kappa shape index (κ3) is 2.77. The molecule has 0 amide bonds. The molecule has 0 aliphatic carbocycles. The summed E-state index contributed by atoms with van der Waals surface area (Å²) in [5.74, 6) is 0.146. The first kappa shape index (κ1) is 14.0. The number of nitrogens with zero attached hydrogens (tertiary/aromatic N) is 3. The van der Waals surface area contributed by atoms with Crippen molar-refractivity contribution in [3.63, 3.8) is 0 Å². The summed E-state index contributed by atoms with van der Waals surface area (Å²) in [7, 11) is 2.93. The summed E-state index contributed by atoms with van der Waals surface area (Å²) in [6.45, 7) is 0.905. The Morgan fingerprint density at radius 2 is 1.95 bits per heavy atom. The van der Waals surface area contributed by atoms with E-state index in [9.17, 15) is 9.59 Å². The fourth-order valence-electron chi connectivity index (χ4n) is 1.86. The monoisotopic (exact) mass is 275 g/mol. The van der Waals surface area contributed by atoms with Crippen LogP contribution in [-0.2, 0) is 27.2 Å². The SMILES string of the molecule is Cn1nc(NCc2cccc(CN)c2)c(=O)n(C)c1=O. The minimum atomic E-state index is -0.453. The summed E-state index contributed by atoms with van der Waals surface area (Å²) < 4.78 is 2.14. The Hall–Kier alpha value is -2.41. The van der Waals surface area contributed by atoms with Gasteiger partial charge < -0.3 is 11.1 Å². The molecule has 2 aromatic rings. The molecule has 0 atom stereocenters. The number of aromatic nitrogens is 3. The van der Waals surface area contributed by atoms with Gasteiger partial charge in [-0.3, -0.25) is 9.36 Å². The van der Waals surface area contributed by atoms with Gasteiger partial charge >= 0.3 is 5.69 Å². The Labute approximate surface area is 115 Å². The Morgan fingerprint density at radius 3 is 2.65 bits per heavy atom. The van der Waals surface area contributed by atoms with Crippen molar-refractivity contribution in [2.24, 2.45) is 19.8 Å². The first-order valence-electron chi connectivity index (χ1n) is 6.19. The molecule has 0 saturated carbocycles. The van der Waals surface area contributed by atoms with Gasteiger partial charge in [-0.25, -0.2) is 9.48 Å². The molecule has 0 aliphatic heterocycles. The fraction of sp³-hybridized carbons (Fsp3) is 0.308. The van der Waals surface area contributed by atoms with Crippen LogP contribution < -0.4 is 22.3 Å². The molecule has 1 heterocycles. The molecule has 1 aromatic heterocycles. The largest absolute Gasteiger partial charge is 0.360 e. The smallest absolute Gasteiger partial charge is 0.346 e. The number of aryl methyl sites for hydroxylation is 1. The van der Waals surface area contributed by atoms with Crippen molar-refractivity contribution in [2.75, 3.05) is 5.32 Å². The molecule has 1 aromatic carbocycles. The molecule has 7 heteroatoms. The Bertz CT molecular complexity index is 732. The number of hydrogen-bond donors (Lipinski definition) is 2. The molecule has 0 unspecified atom stereocenters. The second kappa shape index (κ2) is 5.70. The zero-order chi connectivity index (χ0) is 14.7. The van der Waals surface area contributed by atoms with Crippen LogP contribution in [0.1, 0.15) is 11.1 Å². The van der Waals surface area contributed by atoms with Gasteiger partial charge in [-0.1, -0.05) is 24.3 Å². The first-order valence-corrected chi connectivity index (χ1v) is 6.19. The average molecular weight is 275 g/mol. The van der Waals surface area contributed by atoms with Crippen molar-refractivity contribution in [1.82, 2.24) is 14.3 Å². The van der Waals surface area contributed by atoms with Gasteiger partial charge in [-0.2, -0.15) is 0 Å². The summed E-state index contributed by atoms with van der Waals surface area (Å²) in [5, 5.41) is 6.87. The van der Waals surface area contributed by atoms with Gasteiger partial charge in [-0.05, 0) is 11.1 Å². The molecule has 0 saturated heterocycles. The molecule has 0 aliphatic rings. The van der Waals surface area contributed by atoms with Crippen LogP contribution in [0.5, 0.6) is 0 Å². The highest BCUT2D eigenvalue weighted by Crippen LogP contribution is 2.06. The number of benzene rings is 1. The van der Waals surface area contributed by atoms with E-state index in [1.165, 1.54) is 14.1 Å². The van der Waals surface area contributed by atoms with Crippen LogP contribution in [0.15, 0.2) is 33.9 Å². The van der Waals surface area contributed by atoms with Crippen molar-refractivity contribution in [3.8, 4) is 0 Å². The quantitative estimate of drug-likeness (QED) is 0.788. The predicted molar refractivity (Wildman–Crippen MR) is 76.4 cm³/mol. The van der Waals surface area contributed by atoms with E-state index in [1.807, 2.05) is 24.3 Å². The van der Waals surface area contributed by atoms with Crippen molar-refractivity contribution >= 4 is 5.82 Å². The number of hydrogen-bond acceptors (Lipinski definition) is 5. The molecule has 0 spiro atoms. The van der Waals surface area contributed by atoms with Crippen LogP contribution in [0.2, 0.25) is 0 Å². The molecule has 0 bridgehead atoms. The highest BCUT2D eigenvalue weighted by Gasteiger charge is 2.08. The first-order chi connectivity index (χ1) is 9.52. The van der Waals surface area contributed by atoms with E-state index in [-0.39, 0.29) is 5.82 Å². The van der Waals surface area contributed by atoms with Crippen molar-refractivity contribution in [2.45, 2.75) is 13.1 Å². The Balaban J connectivity index is 2.23. The van der Waals surface area contributed by atoms with E-state index in [1.54, 1.807) is 0 Å². The lowest BCUT2D eigenvalue weighted by molar-refractivity contribution is 0.604. The summed E-state index contributed by atoms with van der Waals surface area (Å²) in [6.07, 6.45) is 0. The molecule has 0 radical (unpaired) electrons. The molecule has 20 heavy (non-hydrogen) atoms. The molecule has 106 valence electrons. The molecule has 7 nitrogen and oxygen atoms in total. The van der Waals surface area contributed by atoms with Crippen molar-refractivity contribution in [3.05, 3.63) is 56.2 Å². The van der Waals surface area contributed by atoms with Crippen LogP contribution in [0.3, 0.4) is 0 Å². The molecule has 2 rings (SSSR count). The zero-order valence-corrected chi connectivity index (χ0v) is 11.5. The third-order valence-electron chi connectivity index (χ3n) is 3.01. The predicted octanol–water partition coefficient (Wildman–Crippen LogP) is -0.450. The van der Waals surface area contributed by atoms with Crippen LogP contribution in [0.4, 0.5) is 5.82 Å². The fourth-order valence-corrected chi connectivity index (χ4v) is 1.86. The number of nitrogens with one attached hydrogen (secondary N) is 1. The van der Waals surface area contributed by atoms with Gasteiger partial charge in [0.1, 0.15) is 0 Å². The number of rotatable bonds is 4. The Morgan fingerprint density at radius 1 is 1.25 bits per heavy atom. The van der Waals surface area contributed by atoms with Gasteiger partial charge in [0.25, 0.3) is 5.56 Å². The van der Waals surface area contributed by atoms with Gasteiger partial charge in [0.2, 0.25) is 5.82 Å². The van der Waals surface area contributed by atoms with E-state index < -0.39 is 11.2 Å². The minimum absolute atomic E-state index is 0.146. The van der Waals surface area contributed by atoms with Crippen molar-refractivity contribution in [1.29, 1.82) is 0 Å². The topological polar surface area (TPSA) is 94.9 Å². The number of nitrogens with two attached hydrogens (primary N) is 1. The average Bonchev–Trinajstić information content (AvgIpc) is 2.47. The molecular weight excluding hydrogens is 258 g/mol. The molecular formula is C13H17N5O2. The van der Waals surface area contributed by atoms with Gasteiger partial charge in [0, 0.05) is 27.2 Å². The summed E-state index contributed by atoms with van der Waals surface area (Å²) in [5.41, 5.74) is 6.70. The van der Waals surface area contributed by atoms with Gasteiger partial charge in [-0.15, -0.1) is 5.10 Å². The van der Waals surface area contributed by atoms with Crippen LogP contribution in [0.25, 0.3) is 0 Å². The normalized spacial score (nSPS) is 10.6. The minimum Gasteiger partial charge on any atom is -0.360 e. The van der Waals surface area contributed by atoms with E-state index >= 15 is 0 Å². The highest BCUT2D eigenvalue weighted by atomic mass is 16.2.